The minimum Gasteiger partial charge on any atom is -0.506 e. The van der Waals surface area contributed by atoms with Crippen molar-refractivity contribution < 1.29 is 9.90 Å². The zero-order valence-electron chi connectivity index (χ0n) is 12.6. The van der Waals surface area contributed by atoms with Gasteiger partial charge in [-0.1, -0.05) is 0 Å². The smallest absolute Gasteiger partial charge is 0.227 e. The number of amides is 1. The van der Waals surface area contributed by atoms with Crippen molar-refractivity contribution in [1.29, 1.82) is 5.26 Å². The monoisotopic (exact) mass is 318 g/mol. The number of nitrogens with one attached hydrogen (secondary N) is 1. The van der Waals surface area contributed by atoms with Crippen molar-refractivity contribution in [2.45, 2.75) is 19.3 Å². The number of carbonyl (C=O) groups excluding carboxylic acids is 1. The molecule has 1 amide bonds. The Morgan fingerprint density at radius 1 is 1.50 bits per heavy atom. The maximum atomic E-state index is 12.1. The third-order valence-corrected chi connectivity index (χ3v) is 3.97. The van der Waals surface area contributed by atoms with E-state index < -0.39 is 0 Å². The van der Waals surface area contributed by atoms with Gasteiger partial charge in [-0.05, 0) is 36.7 Å². The molecular formula is C15H18N4O2S. The number of phenolic OH excluding ortho intramolecular Hbond substituents is 1. The SMILES string of the molecule is CN(C)C(=S)Nc1cc2c(cc1O)N(CC#N)C(=O)CCC2. The van der Waals surface area contributed by atoms with Crippen LogP contribution in [0.25, 0.3) is 0 Å². The van der Waals surface area contributed by atoms with Gasteiger partial charge in [0.15, 0.2) is 5.11 Å². The van der Waals surface area contributed by atoms with Crippen molar-refractivity contribution in [3.63, 3.8) is 0 Å². The van der Waals surface area contributed by atoms with Gasteiger partial charge in [0.05, 0.1) is 17.4 Å². The number of aryl methyl sites for hydroxylation is 1. The average molecular weight is 318 g/mol. The van der Waals surface area contributed by atoms with Crippen LogP contribution in [0.3, 0.4) is 0 Å². The number of nitriles is 1. The Bertz CT molecular complexity index is 652. The van der Waals surface area contributed by atoms with Crippen LogP contribution in [0.2, 0.25) is 0 Å². The van der Waals surface area contributed by atoms with Crippen LogP contribution in [0, 0.1) is 11.3 Å². The molecule has 0 unspecified atom stereocenters. The number of anilines is 2. The molecule has 0 radical (unpaired) electrons. The molecule has 1 aromatic carbocycles. The van der Waals surface area contributed by atoms with Crippen LogP contribution in [0.15, 0.2) is 12.1 Å². The topological polar surface area (TPSA) is 79.6 Å². The van der Waals surface area contributed by atoms with Gasteiger partial charge >= 0.3 is 0 Å². The van der Waals surface area contributed by atoms with Crippen molar-refractivity contribution in [2.75, 3.05) is 30.9 Å². The molecule has 0 saturated carbocycles. The number of hydrogen-bond acceptors (Lipinski definition) is 4. The van der Waals surface area contributed by atoms with Crippen LogP contribution in [0.5, 0.6) is 5.75 Å². The van der Waals surface area contributed by atoms with Crippen LogP contribution in [-0.4, -0.2) is 41.7 Å². The number of nitrogens with zero attached hydrogens (tertiary/aromatic N) is 3. The van der Waals surface area contributed by atoms with Gasteiger partial charge in [-0.3, -0.25) is 9.69 Å². The molecule has 0 aliphatic carbocycles. The highest BCUT2D eigenvalue weighted by atomic mass is 32.1. The fourth-order valence-corrected chi connectivity index (χ4v) is 2.45. The van der Waals surface area contributed by atoms with E-state index in [0.29, 0.717) is 29.3 Å². The Morgan fingerprint density at radius 2 is 2.23 bits per heavy atom. The lowest BCUT2D eigenvalue weighted by atomic mass is 10.1. The first-order valence-corrected chi connectivity index (χ1v) is 7.36. The molecule has 0 aromatic heterocycles. The molecule has 0 bridgehead atoms. The van der Waals surface area contributed by atoms with Gasteiger partial charge in [-0.2, -0.15) is 5.26 Å². The van der Waals surface area contributed by atoms with Crippen molar-refractivity contribution >= 4 is 34.6 Å². The molecule has 1 heterocycles. The highest BCUT2D eigenvalue weighted by molar-refractivity contribution is 7.80. The Balaban J connectivity index is 2.41. The van der Waals surface area contributed by atoms with Gasteiger partial charge in [-0.15, -0.1) is 0 Å². The molecule has 0 fully saturated rings. The van der Waals surface area contributed by atoms with E-state index in [4.69, 9.17) is 17.5 Å². The second-order valence-corrected chi connectivity index (χ2v) is 5.70. The summed E-state index contributed by atoms with van der Waals surface area (Å²) in [5.41, 5.74) is 2.02. The lowest BCUT2D eigenvalue weighted by Gasteiger charge is -2.22. The Morgan fingerprint density at radius 3 is 2.86 bits per heavy atom. The quantitative estimate of drug-likeness (QED) is 0.492. The van der Waals surface area contributed by atoms with Crippen molar-refractivity contribution in [2.24, 2.45) is 0 Å². The van der Waals surface area contributed by atoms with Gasteiger partial charge in [0.25, 0.3) is 0 Å². The molecule has 7 heteroatoms. The second kappa shape index (κ2) is 6.62. The predicted molar refractivity (Wildman–Crippen MR) is 88.9 cm³/mol. The van der Waals surface area contributed by atoms with Crippen molar-refractivity contribution in [3.8, 4) is 11.8 Å². The molecule has 1 aliphatic heterocycles. The van der Waals surface area contributed by atoms with E-state index in [2.05, 4.69) is 5.32 Å². The summed E-state index contributed by atoms with van der Waals surface area (Å²) < 4.78 is 0. The third kappa shape index (κ3) is 3.28. The summed E-state index contributed by atoms with van der Waals surface area (Å²) in [6.45, 7) is -0.0197. The van der Waals surface area contributed by atoms with E-state index in [1.54, 1.807) is 11.0 Å². The molecule has 0 atom stereocenters. The summed E-state index contributed by atoms with van der Waals surface area (Å²) in [5.74, 6) is -0.0928. The lowest BCUT2D eigenvalue weighted by molar-refractivity contribution is -0.118. The van der Waals surface area contributed by atoms with Crippen LogP contribution in [-0.2, 0) is 11.2 Å². The first kappa shape index (κ1) is 16.0. The number of phenols is 1. The minimum atomic E-state index is -0.0933. The van der Waals surface area contributed by atoms with E-state index in [9.17, 15) is 9.90 Å². The van der Waals surface area contributed by atoms with Gasteiger partial charge in [-0.25, -0.2) is 0 Å². The second-order valence-electron chi connectivity index (χ2n) is 5.31. The molecule has 2 rings (SSSR count). The highest BCUT2D eigenvalue weighted by Crippen LogP contribution is 2.35. The summed E-state index contributed by atoms with van der Waals surface area (Å²) >= 11 is 5.18. The van der Waals surface area contributed by atoms with Crippen LogP contribution in [0.1, 0.15) is 18.4 Å². The standard InChI is InChI=1S/C15H18N4O2S/c1-18(2)15(22)17-11-8-10-4-3-5-14(21)19(7-6-16)12(10)9-13(11)20/h8-9,20H,3-5,7H2,1-2H3,(H,17,22). The van der Waals surface area contributed by atoms with Crippen molar-refractivity contribution in [1.82, 2.24) is 4.90 Å². The predicted octanol–water partition coefficient (Wildman–Crippen LogP) is 1.84. The summed E-state index contributed by atoms with van der Waals surface area (Å²) in [6.07, 6.45) is 1.83. The van der Waals surface area contributed by atoms with Gasteiger partial charge < -0.3 is 15.3 Å². The number of carbonyl (C=O) groups is 1. The molecule has 0 saturated heterocycles. The van der Waals surface area contributed by atoms with E-state index in [0.717, 1.165) is 12.0 Å². The maximum Gasteiger partial charge on any atom is 0.227 e. The van der Waals surface area contributed by atoms with Gasteiger partial charge in [0.1, 0.15) is 12.3 Å². The normalized spacial score (nSPS) is 13.9. The van der Waals surface area contributed by atoms with Crippen LogP contribution in [0.4, 0.5) is 11.4 Å². The zero-order chi connectivity index (χ0) is 16.3. The first-order valence-electron chi connectivity index (χ1n) is 6.95. The van der Waals surface area contributed by atoms with E-state index in [1.165, 1.54) is 11.0 Å². The summed E-state index contributed by atoms with van der Waals surface area (Å²) in [6, 6.07) is 5.32. The first-order chi connectivity index (χ1) is 10.4. The Hall–Kier alpha value is -2.33. The maximum absolute atomic E-state index is 12.1. The fraction of sp³-hybridized carbons (Fsp3) is 0.400. The third-order valence-electron chi connectivity index (χ3n) is 3.50. The summed E-state index contributed by atoms with van der Waals surface area (Å²) in [7, 11) is 3.62. The molecule has 116 valence electrons. The highest BCUT2D eigenvalue weighted by Gasteiger charge is 2.23. The minimum absolute atomic E-state index is 0.000546. The van der Waals surface area contributed by atoms with Gasteiger partial charge in [0.2, 0.25) is 5.91 Å². The number of rotatable bonds is 2. The van der Waals surface area contributed by atoms with E-state index >= 15 is 0 Å². The van der Waals surface area contributed by atoms with E-state index in [-0.39, 0.29) is 18.2 Å². The number of fused-ring (bicyclic) bond motifs is 1. The van der Waals surface area contributed by atoms with Crippen LogP contribution < -0.4 is 10.2 Å². The molecule has 2 N–H and O–H groups in total. The molecule has 0 spiro atoms. The Labute approximate surface area is 134 Å². The number of benzene rings is 1. The molecule has 1 aromatic rings. The largest absolute Gasteiger partial charge is 0.506 e. The molecular weight excluding hydrogens is 300 g/mol. The fourth-order valence-electron chi connectivity index (χ4n) is 2.34. The number of hydrogen-bond donors (Lipinski definition) is 2. The van der Waals surface area contributed by atoms with Gasteiger partial charge in [0, 0.05) is 26.6 Å². The van der Waals surface area contributed by atoms with Crippen molar-refractivity contribution in [3.05, 3.63) is 17.7 Å². The summed E-state index contributed by atoms with van der Waals surface area (Å²) in [5, 5.41) is 22.6. The van der Waals surface area contributed by atoms with E-state index in [1.807, 2.05) is 20.2 Å². The molecule has 1 aliphatic rings. The molecule has 6 nitrogen and oxygen atoms in total. The van der Waals surface area contributed by atoms with Crippen LogP contribution >= 0.6 is 12.2 Å². The average Bonchev–Trinajstić information content (AvgIpc) is 2.60. The number of aromatic hydroxyl groups is 1. The lowest BCUT2D eigenvalue weighted by Crippen LogP contribution is -2.30. The summed E-state index contributed by atoms with van der Waals surface area (Å²) in [4.78, 5) is 15.2. The molecule has 22 heavy (non-hydrogen) atoms. The zero-order valence-corrected chi connectivity index (χ0v) is 13.4. The Kier molecular flexibility index (Phi) is 4.83. The number of thiocarbonyl (C=S) groups is 1.